The molecule has 0 radical (unpaired) electrons. The molecule has 0 saturated carbocycles. The largest absolute Gasteiger partial charge is 0.496 e. The minimum absolute atomic E-state index is 0.175. The Labute approximate surface area is 127 Å². The van der Waals surface area contributed by atoms with Gasteiger partial charge in [0.1, 0.15) is 11.3 Å². The Balaban J connectivity index is 2.08. The molecule has 0 amide bonds. The molecule has 1 aromatic carbocycles. The second-order valence-corrected chi connectivity index (χ2v) is 5.12. The zero-order chi connectivity index (χ0) is 15.7. The number of aromatic nitrogens is 4. The highest BCUT2D eigenvalue weighted by Gasteiger charge is 2.12. The van der Waals surface area contributed by atoms with Gasteiger partial charge in [-0.2, -0.15) is 0 Å². The van der Waals surface area contributed by atoms with Crippen LogP contribution in [0.2, 0.25) is 0 Å². The molecule has 0 atom stereocenters. The monoisotopic (exact) mass is 296 g/mol. The first-order valence-electron chi connectivity index (χ1n) is 6.93. The highest BCUT2D eigenvalue weighted by atomic mass is 16.5. The van der Waals surface area contributed by atoms with Crippen molar-refractivity contribution in [3.63, 3.8) is 0 Å². The summed E-state index contributed by atoms with van der Waals surface area (Å²) >= 11 is 0. The van der Waals surface area contributed by atoms with Crippen molar-refractivity contribution in [2.24, 2.45) is 0 Å². The number of pyridine rings is 1. The molecule has 0 bridgehead atoms. The van der Waals surface area contributed by atoms with Crippen molar-refractivity contribution in [1.29, 1.82) is 0 Å². The topological polar surface area (TPSA) is 69.9 Å². The van der Waals surface area contributed by atoms with Crippen LogP contribution in [0.5, 0.6) is 5.75 Å². The number of rotatable bonds is 3. The maximum atomic E-state index is 12.5. The number of hydrogen-bond acceptors (Lipinski definition) is 5. The minimum atomic E-state index is -0.175. The first-order chi connectivity index (χ1) is 10.6. The average molecular weight is 296 g/mol. The van der Waals surface area contributed by atoms with Gasteiger partial charge in [0.25, 0.3) is 5.56 Å². The minimum Gasteiger partial charge on any atom is -0.496 e. The van der Waals surface area contributed by atoms with Crippen molar-refractivity contribution in [2.75, 3.05) is 7.11 Å². The fourth-order valence-electron chi connectivity index (χ4n) is 2.50. The van der Waals surface area contributed by atoms with E-state index in [0.29, 0.717) is 10.9 Å². The van der Waals surface area contributed by atoms with E-state index in [2.05, 4.69) is 15.3 Å². The molecule has 112 valence electrons. The van der Waals surface area contributed by atoms with Gasteiger partial charge < -0.3 is 4.74 Å². The van der Waals surface area contributed by atoms with E-state index >= 15 is 0 Å². The molecule has 2 heterocycles. The van der Waals surface area contributed by atoms with Gasteiger partial charge in [-0.25, -0.2) is 4.68 Å². The Morgan fingerprint density at radius 1 is 1.23 bits per heavy atom. The molecular weight excluding hydrogens is 280 g/mol. The van der Waals surface area contributed by atoms with Crippen LogP contribution in [0.25, 0.3) is 10.9 Å². The Morgan fingerprint density at radius 3 is 2.77 bits per heavy atom. The summed E-state index contributed by atoms with van der Waals surface area (Å²) in [4.78, 5) is 16.9. The molecule has 0 aliphatic rings. The third kappa shape index (κ3) is 2.32. The Bertz CT molecular complexity index is 902. The van der Waals surface area contributed by atoms with Gasteiger partial charge in [-0.3, -0.25) is 9.78 Å². The van der Waals surface area contributed by atoms with Crippen molar-refractivity contribution < 1.29 is 4.74 Å². The fourth-order valence-corrected chi connectivity index (χ4v) is 2.50. The molecule has 0 aliphatic heterocycles. The molecule has 3 aromatic rings. The van der Waals surface area contributed by atoms with Crippen LogP contribution < -0.4 is 10.3 Å². The SMILES string of the molecule is COc1c(C)cnc(Cn2nnc3ccccc3c2=O)c1C. The smallest absolute Gasteiger partial charge is 0.277 e. The molecule has 6 nitrogen and oxygen atoms in total. The van der Waals surface area contributed by atoms with E-state index in [9.17, 15) is 4.79 Å². The van der Waals surface area contributed by atoms with Crippen LogP contribution in [0.4, 0.5) is 0 Å². The van der Waals surface area contributed by atoms with Crippen molar-refractivity contribution in [2.45, 2.75) is 20.4 Å². The lowest BCUT2D eigenvalue weighted by Gasteiger charge is -2.12. The predicted octanol–water partition coefficient (Wildman–Crippen LogP) is 1.86. The summed E-state index contributed by atoms with van der Waals surface area (Å²) in [5, 5.41) is 8.63. The molecule has 0 unspecified atom stereocenters. The Hall–Kier alpha value is -2.76. The van der Waals surface area contributed by atoms with Crippen LogP contribution in [0.3, 0.4) is 0 Å². The predicted molar refractivity (Wildman–Crippen MR) is 83.2 cm³/mol. The van der Waals surface area contributed by atoms with Gasteiger partial charge in [-0.05, 0) is 26.0 Å². The van der Waals surface area contributed by atoms with Crippen LogP contribution >= 0.6 is 0 Å². The maximum absolute atomic E-state index is 12.5. The van der Waals surface area contributed by atoms with Crippen molar-refractivity contribution >= 4 is 10.9 Å². The average Bonchev–Trinajstić information content (AvgIpc) is 2.53. The van der Waals surface area contributed by atoms with Gasteiger partial charge in [-0.1, -0.05) is 17.3 Å². The fraction of sp³-hybridized carbons (Fsp3) is 0.250. The molecule has 2 aromatic heterocycles. The van der Waals surface area contributed by atoms with E-state index in [1.54, 1.807) is 25.4 Å². The van der Waals surface area contributed by atoms with Crippen LogP contribution in [-0.2, 0) is 6.54 Å². The lowest BCUT2D eigenvalue weighted by atomic mass is 10.1. The number of methoxy groups -OCH3 is 1. The molecule has 0 saturated heterocycles. The van der Waals surface area contributed by atoms with E-state index < -0.39 is 0 Å². The quantitative estimate of drug-likeness (QED) is 0.738. The van der Waals surface area contributed by atoms with Crippen molar-refractivity contribution in [3.8, 4) is 5.75 Å². The number of aryl methyl sites for hydroxylation is 1. The summed E-state index contributed by atoms with van der Waals surface area (Å²) in [6, 6.07) is 7.16. The summed E-state index contributed by atoms with van der Waals surface area (Å²) < 4.78 is 6.72. The molecule has 0 N–H and O–H groups in total. The molecule has 6 heteroatoms. The van der Waals surface area contributed by atoms with Crippen molar-refractivity contribution in [1.82, 2.24) is 20.0 Å². The third-order valence-electron chi connectivity index (χ3n) is 3.68. The maximum Gasteiger partial charge on any atom is 0.277 e. The Morgan fingerprint density at radius 2 is 2.00 bits per heavy atom. The third-order valence-corrected chi connectivity index (χ3v) is 3.68. The van der Waals surface area contributed by atoms with Crippen LogP contribution in [0.15, 0.2) is 35.3 Å². The highest BCUT2D eigenvalue weighted by molar-refractivity contribution is 5.76. The molecule has 0 fully saturated rings. The van der Waals surface area contributed by atoms with Gasteiger partial charge in [-0.15, -0.1) is 5.10 Å². The molecule has 22 heavy (non-hydrogen) atoms. The summed E-state index contributed by atoms with van der Waals surface area (Å²) in [5.41, 5.74) is 3.03. The first-order valence-corrected chi connectivity index (χ1v) is 6.93. The lowest BCUT2D eigenvalue weighted by molar-refractivity contribution is 0.406. The van der Waals surface area contributed by atoms with Gasteiger partial charge in [0.2, 0.25) is 0 Å². The second kappa shape index (κ2) is 5.55. The number of benzene rings is 1. The van der Waals surface area contributed by atoms with Crippen LogP contribution in [0.1, 0.15) is 16.8 Å². The number of fused-ring (bicyclic) bond motifs is 1. The zero-order valence-electron chi connectivity index (χ0n) is 12.7. The summed E-state index contributed by atoms with van der Waals surface area (Å²) in [6.07, 6.45) is 1.74. The number of nitrogens with zero attached hydrogens (tertiary/aromatic N) is 4. The van der Waals surface area contributed by atoms with Crippen LogP contribution in [-0.4, -0.2) is 27.1 Å². The normalized spacial score (nSPS) is 10.9. The van der Waals surface area contributed by atoms with E-state index in [4.69, 9.17) is 4.74 Å². The zero-order valence-corrected chi connectivity index (χ0v) is 12.7. The number of hydrogen-bond donors (Lipinski definition) is 0. The lowest BCUT2D eigenvalue weighted by Crippen LogP contribution is -2.25. The van der Waals surface area contributed by atoms with Crippen LogP contribution in [0, 0.1) is 13.8 Å². The summed E-state index contributed by atoms with van der Waals surface area (Å²) in [6.45, 7) is 4.12. The summed E-state index contributed by atoms with van der Waals surface area (Å²) in [5.74, 6) is 0.784. The van der Waals surface area contributed by atoms with Gasteiger partial charge in [0.05, 0.1) is 24.7 Å². The van der Waals surface area contributed by atoms with Gasteiger partial charge >= 0.3 is 0 Å². The Kier molecular flexibility index (Phi) is 3.58. The molecule has 0 spiro atoms. The first kappa shape index (κ1) is 14.2. The molecule has 0 aliphatic carbocycles. The van der Waals surface area contributed by atoms with Gasteiger partial charge in [0.15, 0.2) is 0 Å². The van der Waals surface area contributed by atoms with Gasteiger partial charge in [0, 0.05) is 17.3 Å². The van der Waals surface area contributed by atoms with E-state index in [-0.39, 0.29) is 12.1 Å². The van der Waals surface area contributed by atoms with E-state index in [0.717, 1.165) is 22.6 Å². The highest BCUT2D eigenvalue weighted by Crippen LogP contribution is 2.24. The second-order valence-electron chi connectivity index (χ2n) is 5.12. The van der Waals surface area contributed by atoms with E-state index in [1.165, 1.54) is 4.68 Å². The molecular formula is C16H16N4O2. The van der Waals surface area contributed by atoms with E-state index in [1.807, 2.05) is 26.0 Å². The molecule has 3 rings (SSSR count). The number of ether oxygens (including phenoxy) is 1. The standard InChI is InChI=1S/C16H16N4O2/c1-10-8-17-14(11(2)15(10)22-3)9-20-16(21)12-6-4-5-7-13(12)18-19-20/h4-8H,9H2,1-3H3. The summed E-state index contributed by atoms with van der Waals surface area (Å²) in [7, 11) is 1.63. The van der Waals surface area contributed by atoms with Crippen molar-refractivity contribution in [3.05, 3.63) is 57.6 Å².